The summed E-state index contributed by atoms with van der Waals surface area (Å²) in [6.45, 7) is 3.31. The highest BCUT2D eigenvalue weighted by molar-refractivity contribution is 7.04. The van der Waals surface area contributed by atoms with Gasteiger partial charge in [-0.25, -0.2) is 0 Å². The van der Waals surface area contributed by atoms with E-state index in [0.717, 1.165) is 45.4 Å². The number of alkyl halides is 3. The highest BCUT2D eigenvalue weighted by atomic mass is 35.5. The highest BCUT2D eigenvalue weighted by Crippen LogP contribution is 2.34. The quantitative estimate of drug-likeness (QED) is 0.246. The molecule has 2 aliphatic rings. The standard InChI is InChI=1S/C32H28ClF3N8O5S/c1-2-23-27(41-7-9-42(10-8-41)29(47)26-24(45)16-50-40-26)30(48)44-31(38-28(39-44)17-3-4-18-14-49-15-19(18)11-17)43(23)13-25(46)37-22-6-5-20(12-21(22)33)32(34,35)36/h3-6,11-12,16,45H,2,7-10,13-15H2,1H3,(H,37,46). The number of fused-ring (bicyclic) bond motifs is 2. The van der Waals surface area contributed by atoms with Gasteiger partial charge in [0.25, 0.3) is 11.5 Å². The van der Waals surface area contributed by atoms with Gasteiger partial charge in [-0.15, -0.1) is 5.10 Å². The van der Waals surface area contributed by atoms with Crippen LogP contribution in [0.2, 0.25) is 5.02 Å². The van der Waals surface area contributed by atoms with Crippen LogP contribution in [0.3, 0.4) is 0 Å². The number of hydrogen-bond acceptors (Lipinski definition) is 10. The highest BCUT2D eigenvalue weighted by Gasteiger charge is 2.32. The van der Waals surface area contributed by atoms with Gasteiger partial charge in [0.05, 0.1) is 40.6 Å². The molecule has 2 aromatic carbocycles. The molecule has 7 rings (SSSR count). The van der Waals surface area contributed by atoms with Crippen LogP contribution in [0.15, 0.2) is 46.6 Å². The third kappa shape index (κ3) is 6.16. The molecule has 13 nitrogen and oxygen atoms in total. The number of ether oxygens (including phenoxy) is 1. The van der Waals surface area contributed by atoms with Crippen LogP contribution in [0.25, 0.3) is 17.2 Å². The Hall–Kier alpha value is -5.00. The molecule has 2 aliphatic heterocycles. The van der Waals surface area contributed by atoms with Gasteiger partial charge in [0.2, 0.25) is 11.7 Å². The summed E-state index contributed by atoms with van der Waals surface area (Å²) in [5, 5.41) is 18.2. The number of amides is 2. The third-order valence-corrected chi connectivity index (χ3v) is 9.58. The van der Waals surface area contributed by atoms with Gasteiger partial charge >= 0.3 is 6.18 Å². The van der Waals surface area contributed by atoms with Gasteiger partial charge < -0.3 is 29.5 Å². The third-order valence-electron chi connectivity index (χ3n) is 8.65. The Labute approximate surface area is 290 Å². The van der Waals surface area contributed by atoms with Crippen molar-refractivity contribution in [2.45, 2.75) is 39.3 Å². The average Bonchev–Trinajstić information content (AvgIpc) is 3.86. The monoisotopic (exact) mass is 728 g/mol. The number of rotatable bonds is 7. The Kier molecular flexibility index (Phi) is 8.73. The number of aromatic hydroxyl groups is 1. The second-order valence-electron chi connectivity index (χ2n) is 11.7. The molecule has 0 unspecified atom stereocenters. The first-order valence-corrected chi connectivity index (χ1v) is 16.7. The predicted molar refractivity (Wildman–Crippen MR) is 178 cm³/mol. The molecule has 260 valence electrons. The number of carbonyl (C=O) groups excluding carboxylic acids is 2. The number of benzene rings is 2. The van der Waals surface area contributed by atoms with E-state index in [2.05, 4.69) is 14.8 Å². The first kappa shape index (κ1) is 33.5. The molecule has 2 amide bonds. The fourth-order valence-electron chi connectivity index (χ4n) is 6.15. The molecule has 0 atom stereocenters. The number of aromatic nitrogens is 5. The molecule has 1 fully saturated rings. The number of nitrogens with zero attached hydrogens (tertiary/aromatic N) is 7. The van der Waals surface area contributed by atoms with Crippen molar-refractivity contribution in [3.63, 3.8) is 0 Å². The van der Waals surface area contributed by atoms with Gasteiger partial charge in [-0.3, -0.25) is 14.4 Å². The normalized spacial score (nSPS) is 14.7. The Morgan fingerprint density at radius 2 is 1.84 bits per heavy atom. The maximum absolute atomic E-state index is 14.2. The van der Waals surface area contributed by atoms with Crippen LogP contribution in [-0.2, 0) is 41.9 Å². The summed E-state index contributed by atoms with van der Waals surface area (Å²) < 4.78 is 51.8. The zero-order valence-corrected chi connectivity index (χ0v) is 27.9. The smallest absolute Gasteiger partial charge is 0.416 e. The Bertz CT molecular complexity index is 2210. The summed E-state index contributed by atoms with van der Waals surface area (Å²) in [5.74, 6) is -0.919. The molecular formula is C32H28ClF3N8O5S. The van der Waals surface area contributed by atoms with E-state index >= 15 is 0 Å². The molecule has 0 aliphatic carbocycles. The maximum atomic E-state index is 14.2. The van der Waals surface area contributed by atoms with Gasteiger partial charge in [-0.2, -0.15) is 27.0 Å². The molecule has 50 heavy (non-hydrogen) atoms. The number of hydrogen-bond donors (Lipinski definition) is 2. The van der Waals surface area contributed by atoms with Crippen LogP contribution >= 0.6 is 23.1 Å². The number of halogens is 4. The van der Waals surface area contributed by atoms with Crippen molar-refractivity contribution in [1.29, 1.82) is 0 Å². The summed E-state index contributed by atoms with van der Waals surface area (Å²) in [6.07, 6.45) is -4.32. The lowest BCUT2D eigenvalue weighted by Gasteiger charge is -2.36. The Morgan fingerprint density at radius 1 is 1.08 bits per heavy atom. The predicted octanol–water partition coefficient (Wildman–Crippen LogP) is 4.59. The Balaban J connectivity index is 1.26. The molecule has 2 N–H and O–H groups in total. The molecule has 5 heterocycles. The number of nitrogens with one attached hydrogen (secondary N) is 1. The number of piperazine rings is 1. The van der Waals surface area contributed by atoms with Gasteiger partial charge in [0, 0.05) is 31.7 Å². The molecule has 3 aromatic heterocycles. The van der Waals surface area contributed by atoms with Gasteiger partial charge in [-0.1, -0.05) is 30.7 Å². The zero-order chi connectivity index (χ0) is 35.3. The van der Waals surface area contributed by atoms with Crippen molar-refractivity contribution in [2.75, 3.05) is 36.4 Å². The number of anilines is 2. The minimum atomic E-state index is -4.61. The largest absolute Gasteiger partial charge is 0.505 e. The first-order valence-electron chi connectivity index (χ1n) is 15.5. The number of carbonyl (C=O) groups is 2. The van der Waals surface area contributed by atoms with E-state index in [4.69, 9.17) is 21.3 Å². The van der Waals surface area contributed by atoms with E-state index in [1.165, 1.54) is 5.38 Å². The van der Waals surface area contributed by atoms with Crippen LogP contribution in [-0.4, -0.2) is 71.5 Å². The minimum Gasteiger partial charge on any atom is -0.505 e. The van der Waals surface area contributed by atoms with Crippen LogP contribution in [0, 0.1) is 0 Å². The van der Waals surface area contributed by atoms with Gasteiger partial charge in [0.1, 0.15) is 12.2 Å². The summed E-state index contributed by atoms with van der Waals surface area (Å²) in [4.78, 5) is 48.8. The summed E-state index contributed by atoms with van der Waals surface area (Å²) in [5.41, 5.74) is 1.90. The molecule has 18 heteroatoms. The average molecular weight is 729 g/mol. The summed E-state index contributed by atoms with van der Waals surface area (Å²) in [7, 11) is 0. The molecule has 5 aromatic rings. The molecule has 0 bridgehead atoms. The van der Waals surface area contributed by atoms with Crippen molar-refractivity contribution < 1.29 is 32.6 Å². The lowest BCUT2D eigenvalue weighted by atomic mass is 10.1. The van der Waals surface area contributed by atoms with Crippen LogP contribution in [0.1, 0.15) is 39.8 Å². The second-order valence-corrected chi connectivity index (χ2v) is 12.8. The Morgan fingerprint density at radius 3 is 2.52 bits per heavy atom. The lowest BCUT2D eigenvalue weighted by molar-refractivity contribution is -0.137. The van der Waals surface area contributed by atoms with E-state index in [-0.39, 0.29) is 72.2 Å². The molecule has 0 radical (unpaired) electrons. The van der Waals surface area contributed by atoms with Gasteiger partial charge in [0.15, 0.2) is 17.3 Å². The lowest BCUT2D eigenvalue weighted by Crippen LogP contribution is -2.51. The minimum absolute atomic E-state index is 0.0190. The topological polar surface area (TPSA) is 147 Å². The fraction of sp³-hybridized carbons (Fsp3) is 0.312. The van der Waals surface area contributed by atoms with E-state index in [9.17, 15) is 32.7 Å². The molecule has 1 saturated heterocycles. The fourth-order valence-corrected chi connectivity index (χ4v) is 6.92. The SMILES string of the molecule is CCc1c(N2CCN(C(=O)c3nscc3O)CC2)c(=O)n2nc(-c3ccc4c(c3)COC4)nc2n1CC(=O)Nc1ccc(C(F)(F)F)cc1Cl. The maximum Gasteiger partial charge on any atom is 0.416 e. The molecule has 0 spiro atoms. The molecular weight excluding hydrogens is 701 g/mol. The van der Waals surface area contributed by atoms with Crippen molar-refractivity contribution in [3.8, 4) is 17.1 Å². The van der Waals surface area contributed by atoms with Crippen LogP contribution in [0.4, 0.5) is 24.5 Å². The van der Waals surface area contributed by atoms with Gasteiger partial charge in [-0.05, 0) is 53.3 Å². The van der Waals surface area contributed by atoms with Crippen molar-refractivity contribution >= 4 is 52.1 Å². The van der Waals surface area contributed by atoms with E-state index in [1.807, 2.05) is 30.0 Å². The van der Waals surface area contributed by atoms with E-state index in [1.54, 1.807) is 9.47 Å². The first-order chi connectivity index (χ1) is 23.9. The van der Waals surface area contributed by atoms with Crippen LogP contribution in [0.5, 0.6) is 5.75 Å². The molecule has 0 saturated carbocycles. The van der Waals surface area contributed by atoms with Crippen molar-refractivity contribution in [1.82, 2.24) is 28.4 Å². The summed E-state index contributed by atoms with van der Waals surface area (Å²) >= 11 is 7.09. The zero-order valence-electron chi connectivity index (χ0n) is 26.3. The van der Waals surface area contributed by atoms with Crippen molar-refractivity contribution in [2.24, 2.45) is 0 Å². The van der Waals surface area contributed by atoms with Crippen molar-refractivity contribution in [3.05, 3.63) is 85.2 Å². The van der Waals surface area contributed by atoms with E-state index in [0.29, 0.717) is 30.9 Å². The second kappa shape index (κ2) is 13.0. The summed E-state index contributed by atoms with van der Waals surface area (Å²) in [6, 6.07) is 8.26. The van der Waals surface area contributed by atoms with E-state index < -0.39 is 29.1 Å². The van der Waals surface area contributed by atoms with Crippen LogP contribution < -0.4 is 15.8 Å².